The SMILES string of the molecule is COCCn1cccc1C(=O)NCc1ccc(N)cc1. The molecule has 1 aromatic carbocycles. The number of benzene rings is 1. The zero-order valence-corrected chi connectivity index (χ0v) is 11.5. The van der Waals surface area contributed by atoms with Crippen LogP contribution in [0.1, 0.15) is 16.1 Å². The molecule has 0 aliphatic heterocycles. The fraction of sp³-hybridized carbons (Fsp3) is 0.267. The first-order valence-electron chi connectivity index (χ1n) is 6.47. The molecule has 5 nitrogen and oxygen atoms in total. The van der Waals surface area contributed by atoms with E-state index in [0.29, 0.717) is 31.1 Å². The molecule has 1 amide bonds. The summed E-state index contributed by atoms with van der Waals surface area (Å²) in [5.41, 5.74) is 7.99. The van der Waals surface area contributed by atoms with E-state index in [1.54, 1.807) is 13.2 Å². The second kappa shape index (κ2) is 6.77. The number of hydrogen-bond donors (Lipinski definition) is 2. The smallest absolute Gasteiger partial charge is 0.268 e. The third kappa shape index (κ3) is 3.61. The van der Waals surface area contributed by atoms with Gasteiger partial charge in [0.05, 0.1) is 6.61 Å². The Kier molecular flexibility index (Phi) is 4.79. The molecule has 0 aliphatic rings. The third-order valence-electron chi connectivity index (χ3n) is 3.03. The van der Waals surface area contributed by atoms with Gasteiger partial charge in [-0.05, 0) is 29.8 Å². The highest BCUT2D eigenvalue weighted by molar-refractivity contribution is 5.92. The van der Waals surface area contributed by atoms with E-state index in [4.69, 9.17) is 10.5 Å². The Labute approximate surface area is 118 Å². The largest absolute Gasteiger partial charge is 0.399 e. The van der Waals surface area contributed by atoms with Crippen molar-refractivity contribution in [2.24, 2.45) is 0 Å². The number of aromatic nitrogens is 1. The first-order valence-corrected chi connectivity index (χ1v) is 6.47. The van der Waals surface area contributed by atoms with Crippen LogP contribution < -0.4 is 11.1 Å². The van der Waals surface area contributed by atoms with Gasteiger partial charge in [-0.15, -0.1) is 0 Å². The summed E-state index contributed by atoms with van der Waals surface area (Å²) in [6.45, 7) is 1.72. The van der Waals surface area contributed by atoms with Gasteiger partial charge in [0.2, 0.25) is 0 Å². The second-order valence-electron chi connectivity index (χ2n) is 4.50. The number of nitrogens with one attached hydrogen (secondary N) is 1. The van der Waals surface area contributed by atoms with E-state index < -0.39 is 0 Å². The van der Waals surface area contributed by atoms with E-state index in [9.17, 15) is 4.79 Å². The Morgan fingerprint density at radius 1 is 1.30 bits per heavy atom. The standard InChI is InChI=1S/C15H19N3O2/c1-20-10-9-18-8-2-3-14(18)15(19)17-11-12-4-6-13(16)7-5-12/h2-8H,9-11,16H2,1H3,(H,17,19). The normalized spacial score (nSPS) is 10.4. The molecule has 0 spiro atoms. The summed E-state index contributed by atoms with van der Waals surface area (Å²) in [4.78, 5) is 12.1. The van der Waals surface area contributed by atoms with Crippen LogP contribution in [-0.4, -0.2) is 24.2 Å². The topological polar surface area (TPSA) is 69.3 Å². The summed E-state index contributed by atoms with van der Waals surface area (Å²) in [6.07, 6.45) is 1.87. The van der Waals surface area contributed by atoms with Crippen molar-refractivity contribution in [1.29, 1.82) is 0 Å². The van der Waals surface area contributed by atoms with E-state index in [1.807, 2.05) is 41.1 Å². The molecule has 0 atom stereocenters. The lowest BCUT2D eigenvalue weighted by Crippen LogP contribution is -2.25. The van der Waals surface area contributed by atoms with Gasteiger partial charge in [-0.1, -0.05) is 12.1 Å². The van der Waals surface area contributed by atoms with Crippen LogP contribution in [-0.2, 0) is 17.8 Å². The highest BCUT2D eigenvalue weighted by Crippen LogP contribution is 2.06. The predicted octanol–water partition coefficient (Wildman–Crippen LogP) is 1.65. The van der Waals surface area contributed by atoms with Gasteiger partial charge in [-0.25, -0.2) is 0 Å². The van der Waals surface area contributed by atoms with E-state index in [0.717, 1.165) is 5.56 Å². The Morgan fingerprint density at radius 2 is 2.05 bits per heavy atom. The minimum Gasteiger partial charge on any atom is -0.399 e. The Balaban J connectivity index is 1.94. The van der Waals surface area contributed by atoms with Gasteiger partial charge < -0.3 is 20.4 Å². The molecule has 5 heteroatoms. The quantitative estimate of drug-likeness (QED) is 0.786. The van der Waals surface area contributed by atoms with Gasteiger partial charge in [-0.3, -0.25) is 4.79 Å². The van der Waals surface area contributed by atoms with Crippen LogP contribution in [0.5, 0.6) is 0 Å². The first kappa shape index (κ1) is 14.1. The number of ether oxygens (including phenoxy) is 1. The third-order valence-corrected chi connectivity index (χ3v) is 3.03. The van der Waals surface area contributed by atoms with Gasteiger partial charge in [0, 0.05) is 32.1 Å². The minimum absolute atomic E-state index is 0.0945. The van der Waals surface area contributed by atoms with E-state index >= 15 is 0 Å². The summed E-state index contributed by atoms with van der Waals surface area (Å²) in [7, 11) is 1.64. The Morgan fingerprint density at radius 3 is 2.75 bits per heavy atom. The number of hydrogen-bond acceptors (Lipinski definition) is 3. The highest BCUT2D eigenvalue weighted by Gasteiger charge is 2.10. The summed E-state index contributed by atoms with van der Waals surface area (Å²) >= 11 is 0. The number of methoxy groups -OCH3 is 1. The number of nitrogens with two attached hydrogens (primary N) is 1. The molecule has 0 bridgehead atoms. The van der Waals surface area contributed by atoms with Gasteiger partial charge in [0.1, 0.15) is 5.69 Å². The molecule has 106 valence electrons. The number of rotatable bonds is 6. The highest BCUT2D eigenvalue weighted by atomic mass is 16.5. The van der Waals surface area contributed by atoms with Crippen LogP contribution in [0.3, 0.4) is 0 Å². The number of anilines is 1. The van der Waals surface area contributed by atoms with E-state index in [2.05, 4.69) is 5.32 Å². The van der Waals surface area contributed by atoms with Crippen molar-refractivity contribution in [2.45, 2.75) is 13.1 Å². The van der Waals surface area contributed by atoms with Crippen molar-refractivity contribution in [3.05, 3.63) is 53.9 Å². The van der Waals surface area contributed by atoms with E-state index in [-0.39, 0.29) is 5.91 Å². The zero-order valence-electron chi connectivity index (χ0n) is 11.5. The number of carbonyl (C=O) groups excluding carboxylic acids is 1. The van der Waals surface area contributed by atoms with Crippen LogP contribution >= 0.6 is 0 Å². The molecule has 0 unspecified atom stereocenters. The summed E-state index contributed by atoms with van der Waals surface area (Å²) < 4.78 is 6.90. The molecule has 1 heterocycles. The molecule has 0 saturated carbocycles. The average molecular weight is 273 g/mol. The van der Waals surface area contributed by atoms with E-state index in [1.165, 1.54) is 0 Å². The predicted molar refractivity (Wildman–Crippen MR) is 78.3 cm³/mol. The maximum Gasteiger partial charge on any atom is 0.268 e. The molecule has 2 aromatic rings. The lowest BCUT2D eigenvalue weighted by atomic mass is 10.2. The molecule has 20 heavy (non-hydrogen) atoms. The van der Waals surface area contributed by atoms with Crippen molar-refractivity contribution < 1.29 is 9.53 Å². The van der Waals surface area contributed by atoms with Crippen LogP contribution in [0.15, 0.2) is 42.6 Å². The fourth-order valence-electron chi connectivity index (χ4n) is 1.91. The van der Waals surface area contributed by atoms with Gasteiger partial charge >= 0.3 is 0 Å². The Bertz CT molecular complexity index is 561. The first-order chi connectivity index (χ1) is 9.70. The summed E-state index contributed by atoms with van der Waals surface area (Å²) in [6, 6.07) is 11.1. The molecule has 1 aromatic heterocycles. The van der Waals surface area contributed by atoms with Crippen LogP contribution in [0, 0.1) is 0 Å². The summed E-state index contributed by atoms with van der Waals surface area (Å²) in [5.74, 6) is -0.0945. The fourth-order valence-corrected chi connectivity index (χ4v) is 1.91. The van der Waals surface area contributed by atoms with Crippen molar-refractivity contribution in [1.82, 2.24) is 9.88 Å². The molecule has 3 N–H and O–H groups in total. The monoisotopic (exact) mass is 273 g/mol. The summed E-state index contributed by atoms with van der Waals surface area (Å²) in [5, 5.41) is 2.90. The molecule has 0 radical (unpaired) electrons. The van der Waals surface area contributed by atoms with Crippen molar-refractivity contribution in [2.75, 3.05) is 19.5 Å². The lowest BCUT2D eigenvalue weighted by molar-refractivity contribution is 0.0939. The van der Waals surface area contributed by atoms with Gasteiger partial charge in [-0.2, -0.15) is 0 Å². The van der Waals surface area contributed by atoms with Gasteiger partial charge in [0.15, 0.2) is 0 Å². The average Bonchev–Trinajstić information content (AvgIpc) is 2.92. The lowest BCUT2D eigenvalue weighted by Gasteiger charge is -2.09. The molecule has 0 saturated heterocycles. The maximum absolute atomic E-state index is 12.1. The van der Waals surface area contributed by atoms with Gasteiger partial charge in [0.25, 0.3) is 5.91 Å². The van der Waals surface area contributed by atoms with Crippen molar-refractivity contribution in [3.63, 3.8) is 0 Å². The Hall–Kier alpha value is -2.27. The molecule has 0 fully saturated rings. The van der Waals surface area contributed by atoms with Crippen molar-refractivity contribution in [3.8, 4) is 0 Å². The second-order valence-corrected chi connectivity index (χ2v) is 4.50. The minimum atomic E-state index is -0.0945. The molecular weight excluding hydrogens is 254 g/mol. The molecule has 2 rings (SSSR count). The molecular formula is C15H19N3O2. The number of nitrogen functional groups attached to an aromatic ring is 1. The molecule has 0 aliphatic carbocycles. The van der Waals surface area contributed by atoms with Crippen LogP contribution in [0.25, 0.3) is 0 Å². The van der Waals surface area contributed by atoms with Crippen molar-refractivity contribution >= 4 is 11.6 Å². The zero-order chi connectivity index (χ0) is 14.4. The number of amides is 1. The maximum atomic E-state index is 12.1. The van der Waals surface area contributed by atoms with Crippen LogP contribution in [0.4, 0.5) is 5.69 Å². The number of carbonyl (C=O) groups is 1. The number of nitrogens with zero attached hydrogens (tertiary/aromatic N) is 1. The van der Waals surface area contributed by atoms with Crippen LogP contribution in [0.2, 0.25) is 0 Å².